The molecule has 0 radical (unpaired) electrons. The zero-order valence-electron chi connectivity index (χ0n) is 13.0. The van der Waals surface area contributed by atoms with Gasteiger partial charge in [0.1, 0.15) is 12.3 Å². The number of nitrogens with one attached hydrogen (secondary N) is 1. The molecule has 4 nitrogen and oxygen atoms in total. The van der Waals surface area contributed by atoms with Crippen molar-refractivity contribution in [3.8, 4) is 16.9 Å². The average molecular weight is 299 g/mol. The van der Waals surface area contributed by atoms with E-state index in [4.69, 9.17) is 9.47 Å². The maximum absolute atomic E-state index is 11.3. The Kier molecular flexibility index (Phi) is 5.83. The lowest BCUT2D eigenvalue weighted by atomic mass is 10.1. The number of esters is 1. The third-order valence-corrected chi connectivity index (χ3v) is 3.13. The molecule has 0 spiro atoms. The van der Waals surface area contributed by atoms with Gasteiger partial charge in [0.15, 0.2) is 0 Å². The van der Waals surface area contributed by atoms with Gasteiger partial charge in [-0.1, -0.05) is 24.3 Å². The Morgan fingerprint density at radius 2 is 1.50 bits per heavy atom. The normalized spacial score (nSPS) is 10.1. The summed E-state index contributed by atoms with van der Waals surface area (Å²) < 4.78 is 10.3. The second kappa shape index (κ2) is 8.08. The Morgan fingerprint density at radius 3 is 2.05 bits per heavy atom. The van der Waals surface area contributed by atoms with Gasteiger partial charge in [0.05, 0.1) is 13.2 Å². The van der Waals surface area contributed by atoms with Crippen molar-refractivity contribution in [3.05, 3.63) is 48.5 Å². The lowest BCUT2D eigenvalue weighted by molar-refractivity contribution is -0.140. The van der Waals surface area contributed by atoms with E-state index in [1.807, 2.05) is 55.5 Å². The van der Waals surface area contributed by atoms with E-state index >= 15 is 0 Å². The molecule has 0 fully saturated rings. The first-order chi connectivity index (χ1) is 10.7. The van der Waals surface area contributed by atoms with Crippen LogP contribution in [-0.2, 0) is 9.53 Å². The summed E-state index contributed by atoms with van der Waals surface area (Å²) in [6, 6.07) is 15.9. The third kappa shape index (κ3) is 4.52. The molecule has 2 aromatic rings. The topological polar surface area (TPSA) is 47.6 Å². The van der Waals surface area contributed by atoms with Crippen molar-refractivity contribution in [3.63, 3.8) is 0 Å². The SMILES string of the molecule is CCOC(=O)CNc1ccc(-c2ccc(OCC)cc2)cc1. The lowest BCUT2D eigenvalue weighted by Gasteiger charge is -2.08. The van der Waals surface area contributed by atoms with Gasteiger partial charge in [-0.05, 0) is 49.2 Å². The van der Waals surface area contributed by atoms with Crippen LogP contribution in [0.25, 0.3) is 11.1 Å². The van der Waals surface area contributed by atoms with E-state index in [-0.39, 0.29) is 12.5 Å². The zero-order valence-corrected chi connectivity index (χ0v) is 13.0. The predicted molar refractivity (Wildman–Crippen MR) is 88.2 cm³/mol. The summed E-state index contributed by atoms with van der Waals surface area (Å²) >= 11 is 0. The summed E-state index contributed by atoms with van der Waals surface area (Å²) in [4.78, 5) is 11.3. The van der Waals surface area contributed by atoms with Crippen LogP contribution in [-0.4, -0.2) is 25.7 Å². The van der Waals surface area contributed by atoms with E-state index in [1.54, 1.807) is 6.92 Å². The maximum atomic E-state index is 11.3. The van der Waals surface area contributed by atoms with Crippen molar-refractivity contribution in [2.24, 2.45) is 0 Å². The Labute approximate surface area is 131 Å². The van der Waals surface area contributed by atoms with Gasteiger partial charge in [-0.3, -0.25) is 4.79 Å². The molecule has 4 heteroatoms. The number of rotatable bonds is 7. The van der Waals surface area contributed by atoms with Crippen LogP contribution in [0.3, 0.4) is 0 Å². The van der Waals surface area contributed by atoms with E-state index in [0.29, 0.717) is 13.2 Å². The van der Waals surface area contributed by atoms with Crippen molar-refractivity contribution < 1.29 is 14.3 Å². The number of carbonyl (C=O) groups excluding carboxylic acids is 1. The molecule has 2 aromatic carbocycles. The number of hydrogen-bond donors (Lipinski definition) is 1. The van der Waals surface area contributed by atoms with Gasteiger partial charge in [0.25, 0.3) is 0 Å². The number of carbonyl (C=O) groups is 1. The fraction of sp³-hybridized carbons (Fsp3) is 0.278. The van der Waals surface area contributed by atoms with Crippen LogP contribution in [0.1, 0.15) is 13.8 Å². The van der Waals surface area contributed by atoms with Gasteiger partial charge in [0.2, 0.25) is 0 Å². The molecule has 0 atom stereocenters. The zero-order chi connectivity index (χ0) is 15.8. The summed E-state index contributed by atoms with van der Waals surface area (Å²) in [5.41, 5.74) is 3.13. The Morgan fingerprint density at radius 1 is 0.909 bits per heavy atom. The van der Waals surface area contributed by atoms with Crippen LogP contribution >= 0.6 is 0 Å². The van der Waals surface area contributed by atoms with Crippen LogP contribution in [0.5, 0.6) is 5.75 Å². The quantitative estimate of drug-likeness (QED) is 0.791. The molecule has 0 aromatic heterocycles. The molecule has 0 aliphatic carbocycles. The molecule has 22 heavy (non-hydrogen) atoms. The molecule has 0 heterocycles. The molecule has 0 bridgehead atoms. The average Bonchev–Trinajstić information content (AvgIpc) is 2.55. The number of hydrogen-bond acceptors (Lipinski definition) is 4. The van der Waals surface area contributed by atoms with Gasteiger partial charge < -0.3 is 14.8 Å². The van der Waals surface area contributed by atoms with Crippen LogP contribution in [0, 0.1) is 0 Å². The maximum Gasteiger partial charge on any atom is 0.325 e. The van der Waals surface area contributed by atoms with Crippen molar-refractivity contribution in [1.82, 2.24) is 0 Å². The summed E-state index contributed by atoms with van der Waals surface area (Å²) in [6.07, 6.45) is 0. The first-order valence-corrected chi connectivity index (χ1v) is 7.45. The summed E-state index contributed by atoms with van der Waals surface area (Å²) in [5.74, 6) is 0.622. The Bertz CT molecular complexity index is 591. The molecule has 1 N–H and O–H groups in total. The number of ether oxygens (including phenoxy) is 2. The summed E-state index contributed by atoms with van der Waals surface area (Å²) in [7, 11) is 0. The van der Waals surface area contributed by atoms with Crippen LogP contribution < -0.4 is 10.1 Å². The summed E-state index contributed by atoms with van der Waals surface area (Å²) in [6.45, 7) is 5.01. The molecule has 0 unspecified atom stereocenters. The highest BCUT2D eigenvalue weighted by Gasteiger charge is 2.02. The van der Waals surface area contributed by atoms with Gasteiger partial charge in [-0.25, -0.2) is 0 Å². The fourth-order valence-electron chi connectivity index (χ4n) is 2.08. The monoisotopic (exact) mass is 299 g/mol. The highest BCUT2D eigenvalue weighted by atomic mass is 16.5. The second-order valence-electron chi connectivity index (χ2n) is 4.69. The van der Waals surface area contributed by atoms with Crippen LogP contribution in [0.2, 0.25) is 0 Å². The van der Waals surface area contributed by atoms with Gasteiger partial charge >= 0.3 is 5.97 Å². The molecule has 0 saturated carbocycles. The molecule has 0 aliphatic rings. The first kappa shape index (κ1) is 15.9. The molecular formula is C18H21NO3. The predicted octanol–water partition coefficient (Wildman–Crippen LogP) is 3.73. The molecule has 0 aliphatic heterocycles. The minimum atomic E-state index is -0.252. The Balaban J connectivity index is 1.97. The van der Waals surface area contributed by atoms with Gasteiger partial charge in [-0.15, -0.1) is 0 Å². The molecule has 0 amide bonds. The van der Waals surface area contributed by atoms with E-state index in [9.17, 15) is 4.79 Å². The smallest absolute Gasteiger partial charge is 0.325 e. The van der Waals surface area contributed by atoms with Gasteiger partial charge in [-0.2, -0.15) is 0 Å². The van der Waals surface area contributed by atoms with Crippen molar-refractivity contribution in [2.45, 2.75) is 13.8 Å². The highest BCUT2D eigenvalue weighted by molar-refractivity contribution is 5.75. The first-order valence-electron chi connectivity index (χ1n) is 7.45. The Hall–Kier alpha value is -2.49. The third-order valence-electron chi connectivity index (χ3n) is 3.13. The molecule has 116 valence electrons. The van der Waals surface area contributed by atoms with Crippen LogP contribution in [0.15, 0.2) is 48.5 Å². The van der Waals surface area contributed by atoms with E-state index in [1.165, 1.54) is 0 Å². The molecular weight excluding hydrogens is 278 g/mol. The highest BCUT2D eigenvalue weighted by Crippen LogP contribution is 2.23. The standard InChI is InChI=1S/C18H21NO3/c1-3-21-17-11-7-15(8-12-17)14-5-9-16(10-6-14)19-13-18(20)22-4-2/h5-12,19H,3-4,13H2,1-2H3. The minimum Gasteiger partial charge on any atom is -0.494 e. The van der Waals surface area contributed by atoms with Crippen molar-refractivity contribution >= 4 is 11.7 Å². The van der Waals surface area contributed by atoms with E-state index in [2.05, 4.69) is 5.32 Å². The minimum absolute atomic E-state index is 0.177. The fourth-order valence-corrected chi connectivity index (χ4v) is 2.08. The van der Waals surface area contributed by atoms with Gasteiger partial charge in [0, 0.05) is 5.69 Å². The lowest BCUT2D eigenvalue weighted by Crippen LogP contribution is -2.16. The van der Waals surface area contributed by atoms with E-state index in [0.717, 1.165) is 22.6 Å². The number of benzene rings is 2. The second-order valence-corrected chi connectivity index (χ2v) is 4.69. The van der Waals surface area contributed by atoms with Crippen LogP contribution in [0.4, 0.5) is 5.69 Å². The molecule has 2 rings (SSSR count). The van der Waals surface area contributed by atoms with Crippen molar-refractivity contribution in [2.75, 3.05) is 25.1 Å². The summed E-state index contributed by atoms with van der Waals surface area (Å²) in [5, 5.41) is 3.04. The largest absolute Gasteiger partial charge is 0.494 e. The van der Waals surface area contributed by atoms with Crippen molar-refractivity contribution in [1.29, 1.82) is 0 Å². The number of anilines is 1. The van der Waals surface area contributed by atoms with E-state index < -0.39 is 0 Å². The molecule has 0 saturated heterocycles.